The van der Waals surface area contributed by atoms with E-state index in [1.54, 1.807) is 18.2 Å². The number of methoxy groups -OCH3 is 1. The van der Waals surface area contributed by atoms with E-state index in [-0.39, 0.29) is 83.0 Å². The Morgan fingerprint density at radius 1 is 1.03 bits per heavy atom. The van der Waals surface area contributed by atoms with Gasteiger partial charge in [-0.2, -0.15) is 29.8 Å². The Bertz CT molecular complexity index is 1120. The first-order valence-electron chi connectivity index (χ1n) is 10.0. The van der Waals surface area contributed by atoms with Crippen molar-refractivity contribution in [2.24, 2.45) is 5.92 Å². The zero-order valence-corrected chi connectivity index (χ0v) is 24.8. The quantitative estimate of drug-likeness (QED) is 0.113. The summed E-state index contributed by atoms with van der Waals surface area (Å²) in [5.41, 5.74) is 1.65. The van der Waals surface area contributed by atoms with E-state index >= 15 is 0 Å². The summed E-state index contributed by atoms with van der Waals surface area (Å²) in [6.45, 7) is 1.83. The third-order valence-corrected chi connectivity index (χ3v) is 4.60. The molecular formula is C25H22F3Na2O7-. The zero-order chi connectivity index (χ0) is 25.3. The summed E-state index contributed by atoms with van der Waals surface area (Å²) in [6.07, 6.45) is -0.444. The van der Waals surface area contributed by atoms with Gasteiger partial charge in [-0.05, 0) is 30.2 Å². The Kier molecular flexibility index (Phi) is 17.7. The van der Waals surface area contributed by atoms with Crippen LogP contribution in [0.2, 0.25) is 0 Å². The van der Waals surface area contributed by atoms with E-state index in [1.165, 1.54) is 25.3 Å². The molecule has 12 heteroatoms. The van der Waals surface area contributed by atoms with Gasteiger partial charge in [-0.1, -0.05) is 37.0 Å². The molecule has 0 saturated carbocycles. The van der Waals surface area contributed by atoms with Crippen LogP contribution in [-0.4, -0.2) is 36.5 Å². The molecule has 0 spiro atoms. The summed E-state index contributed by atoms with van der Waals surface area (Å²) in [7, 11) is 1.18. The van der Waals surface area contributed by atoms with Crippen molar-refractivity contribution in [3.63, 3.8) is 0 Å². The average molecular weight is 537 g/mol. The van der Waals surface area contributed by atoms with Crippen LogP contribution in [0.4, 0.5) is 13.2 Å². The molecule has 1 N–H and O–H groups in total. The van der Waals surface area contributed by atoms with Crippen molar-refractivity contribution >= 4 is 29.7 Å². The normalized spacial score (nSPS) is 11.6. The molecule has 1 atom stereocenters. The molecule has 37 heavy (non-hydrogen) atoms. The number of rotatable bonds is 10. The van der Waals surface area contributed by atoms with Crippen LogP contribution in [0.15, 0.2) is 48.6 Å². The van der Waals surface area contributed by atoms with Crippen LogP contribution in [0.5, 0.6) is 11.5 Å². The Morgan fingerprint density at radius 3 is 2.11 bits per heavy atom. The molecule has 0 amide bonds. The number of carbonyl (C=O) groups excluding carboxylic acids is 3. The first-order valence-corrected chi connectivity index (χ1v) is 10.0. The van der Waals surface area contributed by atoms with Crippen LogP contribution in [0, 0.1) is 18.9 Å². The zero-order valence-electron chi connectivity index (χ0n) is 20.8. The average Bonchev–Trinajstić information content (AvgIpc) is 2.77. The van der Waals surface area contributed by atoms with E-state index in [9.17, 15) is 32.7 Å². The minimum atomic E-state index is -5.05. The fourth-order valence-corrected chi connectivity index (χ4v) is 2.92. The van der Waals surface area contributed by atoms with E-state index in [4.69, 9.17) is 0 Å². The summed E-state index contributed by atoms with van der Waals surface area (Å²) in [5.74, 6) is -4.97. The first kappa shape index (κ1) is 37.2. The molecule has 0 radical (unpaired) electrons. The number of ether oxygens (including phenoxy) is 2. The van der Waals surface area contributed by atoms with Crippen molar-refractivity contribution in [2.75, 3.05) is 7.11 Å². The molecule has 0 bridgehead atoms. The molecule has 2 rings (SSSR count). The van der Waals surface area contributed by atoms with Crippen molar-refractivity contribution in [2.45, 2.75) is 26.1 Å². The maximum absolute atomic E-state index is 12.7. The van der Waals surface area contributed by atoms with Gasteiger partial charge in [0.1, 0.15) is 5.75 Å². The van der Waals surface area contributed by atoms with Crippen LogP contribution < -0.4 is 69.0 Å². The summed E-state index contributed by atoms with van der Waals surface area (Å²) in [5, 5.41) is 11.6. The molecular weight excluding hydrogens is 515 g/mol. The molecule has 0 aliphatic rings. The molecule has 2 aromatic carbocycles. The van der Waals surface area contributed by atoms with Gasteiger partial charge in [-0.25, -0.2) is 0 Å². The maximum Gasteiger partial charge on any atom is 1.00 e. The van der Waals surface area contributed by atoms with Gasteiger partial charge >= 0.3 is 71.4 Å². The maximum atomic E-state index is 12.7. The molecule has 1 unspecified atom stereocenters. The van der Waals surface area contributed by atoms with Gasteiger partial charge in [0, 0.05) is 6.42 Å². The number of halogens is 3. The van der Waals surface area contributed by atoms with Crippen LogP contribution in [0.1, 0.15) is 29.5 Å². The third-order valence-electron chi connectivity index (χ3n) is 4.60. The molecule has 0 aliphatic heterocycles. The van der Waals surface area contributed by atoms with Crippen molar-refractivity contribution in [1.82, 2.24) is 0 Å². The second-order valence-corrected chi connectivity index (χ2v) is 7.20. The van der Waals surface area contributed by atoms with Crippen LogP contribution in [0.3, 0.4) is 0 Å². The molecule has 0 aromatic heterocycles. The Balaban J connectivity index is 0. The van der Waals surface area contributed by atoms with Gasteiger partial charge in [0.05, 0.1) is 13.0 Å². The van der Waals surface area contributed by atoms with E-state index in [1.807, 2.05) is 6.92 Å². The predicted octanol–water partition coefficient (Wildman–Crippen LogP) is -1.97. The number of hydrogen-bond acceptors (Lipinski definition) is 7. The standard InChI is InChI=1S/C25H22F3O6.2Na.H2O/c1-16-4-3-5-17(14-16)6-10-20(29)19(9-13-24(32)33-2)21(30)11-7-18-8-12-22(31)23(15-18)34-25(26,27)28;;;/h3,5-8,10-12,14-15,19,31H,9,13H2,1-2H3;;;1H2/q-1;2*+1;/p-2/b10-6+,11-7+;;;. The Morgan fingerprint density at radius 2 is 1.59 bits per heavy atom. The molecule has 0 aliphatic carbocycles. The van der Waals surface area contributed by atoms with E-state index < -0.39 is 41.3 Å². The third kappa shape index (κ3) is 13.4. The number of carbonyl (C=O) groups is 3. The van der Waals surface area contributed by atoms with Crippen LogP contribution >= 0.6 is 0 Å². The van der Waals surface area contributed by atoms with Gasteiger partial charge in [0.2, 0.25) is 0 Å². The van der Waals surface area contributed by atoms with Crippen LogP contribution in [0.25, 0.3) is 12.2 Å². The molecule has 2 aromatic rings. The topological polar surface area (TPSA) is 123 Å². The molecule has 0 fully saturated rings. The largest absolute Gasteiger partial charge is 1.00 e. The summed E-state index contributed by atoms with van der Waals surface area (Å²) >= 11 is 0. The number of alkyl halides is 3. The monoisotopic (exact) mass is 537 g/mol. The number of benzene rings is 2. The van der Waals surface area contributed by atoms with E-state index in [0.717, 1.165) is 29.8 Å². The van der Waals surface area contributed by atoms with Gasteiger partial charge in [-0.3, -0.25) is 14.4 Å². The first-order chi connectivity index (χ1) is 16.0. The van der Waals surface area contributed by atoms with Crippen LogP contribution in [-0.2, 0) is 19.1 Å². The molecule has 7 nitrogen and oxygen atoms in total. The second kappa shape index (κ2) is 17.6. The molecule has 0 heterocycles. The molecule has 188 valence electrons. The fraction of sp³-hybridized carbons (Fsp3) is 0.240. The van der Waals surface area contributed by atoms with Crippen molar-refractivity contribution in [3.8, 4) is 11.5 Å². The smallest absolute Gasteiger partial charge is 0.870 e. The number of aryl methyl sites for hydroxylation is 1. The number of ketones is 2. The summed E-state index contributed by atoms with van der Waals surface area (Å²) in [6, 6.07) is 11.1. The van der Waals surface area contributed by atoms with Gasteiger partial charge in [0.15, 0.2) is 11.6 Å². The van der Waals surface area contributed by atoms with Gasteiger partial charge in [-0.15, -0.1) is 18.7 Å². The predicted molar refractivity (Wildman–Crippen MR) is 117 cm³/mol. The SMILES string of the molecule is COC(=O)CCC(C(=O)/C=C/c1cc[c-]c(C)c1)C(=O)/C=C/c1ccc([O-])c(OC(F)(F)F)c1.[Na+].[Na+].[OH-]. The minimum absolute atomic E-state index is 0. The van der Waals surface area contributed by atoms with E-state index in [0.29, 0.717) is 5.56 Å². The fourth-order valence-electron chi connectivity index (χ4n) is 2.92. The van der Waals surface area contributed by atoms with Gasteiger partial charge in [0.25, 0.3) is 0 Å². The van der Waals surface area contributed by atoms with E-state index in [2.05, 4.69) is 15.5 Å². The number of hydrogen-bond donors (Lipinski definition) is 0. The summed E-state index contributed by atoms with van der Waals surface area (Å²) < 4.78 is 45.6. The minimum Gasteiger partial charge on any atom is -0.870 e. The number of allylic oxidation sites excluding steroid dienone is 2. The Labute approximate surface area is 256 Å². The van der Waals surface area contributed by atoms with Gasteiger partial charge < -0.3 is 20.1 Å². The Hall–Kier alpha value is -1.92. The van der Waals surface area contributed by atoms with Crippen molar-refractivity contribution in [1.29, 1.82) is 0 Å². The van der Waals surface area contributed by atoms with Crippen molar-refractivity contribution < 1.29 is 107 Å². The molecule has 0 saturated heterocycles. The van der Waals surface area contributed by atoms with Crippen molar-refractivity contribution in [3.05, 3.63) is 71.3 Å². The number of esters is 1. The summed E-state index contributed by atoms with van der Waals surface area (Å²) in [4.78, 5) is 37.0. The second-order valence-electron chi connectivity index (χ2n) is 7.20.